The van der Waals surface area contributed by atoms with E-state index in [0.29, 0.717) is 40.8 Å². The molecule has 4 aromatic rings. The fourth-order valence-electron chi connectivity index (χ4n) is 4.95. The van der Waals surface area contributed by atoms with E-state index in [1.807, 2.05) is 35.2 Å². The highest BCUT2D eigenvalue weighted by molar-refractivity contribution is 9.10. The first-order chi connectivity index (χ1) is 17.0. The Kier molecular flexibility index (Phi) is 5.97. The normalized spacial score (nSPS) is 21.1. The number of benzene rings is 1. The van der Waals surface area contributed by atoms with Gasteiger partial charge in [-0.3, -0.25) is 14.0 Å². The molecule has 1 aromatic carbocycles. The molecule has 4 heterocycles. The molecule has 0 bridgehead atoms. The quantitative estimate of drug-likeness (QED) is 0.413. The molecule has 1 saturated heterocycles. The largest absolute Gasteiger partial charge is 0.351 e. The maximum atomic E-state index is 12.9. The van der Waals surface area contributed by atoms with Gasteiger partial charge in [-0.05, 0) is 59.5 Å². The van der Waals surface area contributed by atoms with Crippen molar-refractivity contribution in [3.05, 3.63) is 47.3 Å². The molecule has 1 saturated carbocycles. The minimum absolute atomic E-state index is 0.00588. The minimum atomic E-state index is -0.782. The Morgan fingerprint density at radius 2 is 2.00 bits per heavy atom. The van der Waals surface area contributed by atoms with Crippen molar-refractivity contribution in [1.82, 2.24) is 29.6 Å². The third-order valence-electron chi connectivity index (χ3n) is 6.81. The van der Waals surface area contributed by atoms with Crippen LogP contribution in [0.3, 0.4) is 0 Å². The average molecular weight is 554 g/mol. The zero-order chi connectivity index (χ0) is 23.9. The molecule has 0 unspecified atom stereocenters. The Morgan fingerprint density at radius 3 is 2.86 bits per heavy atom. The minimum Gasteiger partial charge on any atom is -0.351 e. The highest BCUT2D eigenvalue weighted by Crippen LogP contribution is 2.31. The van der Waals surface area contributed by atoms with Crippen LogP contribution >= 0.6 is 15.9 Å². The molecule has 2 aliphatic rings. The summed E-state index contributed by atoms with van der Waals surface area (Å²) < 4.78 is 14.1. The zero-order valence-electron chi connectivity index (χ0n) is 18.9. The van der Waals surface area contributed by atoms with Gasteiger partial charge in [-0.15, -0.1) is 0 Å². The average Bonchev–Trinajstić information content (AvgIpc) is 3.48. The van der Waals surface area contributed by atoms with E-state index < -0.39 is 10.8 Å². The summed E-state index contributed by atoms with van der Waals surface area (Å²) in [6, 6.07) is 10.1. The van der Waals surface area contributed by atoms with Crippen LogP contribution in [0.15, 0.2) is 47.3 Å². The van der Waals surface area contributed by atoms with E-state index >= 15 is 0 Å². The van der Waals surface area contributed by atoms with Crippen LogP contribution < -0.4 is 5.32 Å². The topological polar surface area (TPSA) is 106 Å². The lowest BCUT2D eigenvalue weighted by molar-refractivity contribution is -0.135. The number of nitrogens with one attached hydrogen (secondary N) is 1. The standard InChI is InChI=1S/C24H24BrN7O2S/c25-21-19-14-27-24(28-17-4-3-16(12-17)23(33)31-8-10-35(34)11-9-31)29-22(19)32(30-21)18-5-6-20-15(13-18)2-1-7-26-20/h1-2,5-7,13-14,16-17H,3-4,8-12H2,(H,27,28,29)/t16-,17-/m1/s1. The summed E-state index contributed by atoms with van der Waals surface area (Å²) in [6.45, 7) is 1.20. The van der Waals surface area contributed by atoms with Crippen LogP contribution in [0.1, 0.15) is 19.3 Å². The van der Waals surface area contributed by atoms with Gasteiger partial charge in [0, 0.05) is 65.1 Å². The van der Waals surface area contributed by atoms with Crippen molar-refractivity contribution in [3.8, 4) is 5.69 Å². The highest BCUT2D eigenvalue weighted by atomic mass is 79.9. The van der Waals surface area contributed by atoms with Crippen molar-refractivity contribution in [1.29, 1.82) is 0 Å². The predicted molar refractivity (Wildman–Crippen MR) is 139 cm³/mol. The SMILES string of the molecule is O=C([C@@H]1CC[C@@H](Nc2ncc3c(Br)nn(-c4ccc5ncccc5c4)c3n2)C1)N1CCS(=O)CC1. The molecule has 180 valence electrons. The summed E-state index contributed by atoms with van der Waals surface area (Å²) in [6.07, 6.45) is 6.03. The smallest absolute Gasteiger partial charge is 0.225 e. The number of nitrogens with zero attached hydrogens (tertiary/aromatic N) is 6. The van der Waals surface area contributed by atoms with Crippen LogP contribution in [0.5, 0.6) is 0 Å². The zero-order valence-corrected chi connectivity index (χ0v) is 21.3. The molecule has 1 aliphatic heterocycles. The lowest BCUT2D eigenvalue weighted by atomic mass is 10.1. The molecule has 2 atom stereocenters. The van der Waals surface area contributed by atoms with Gasteiger partial charge in [0.2, 0.25) is 11.9 Å². The molecule has 1 amide bonds. The second-order valence-electron chi connectivity index (χ2n) is 9.04. The van der Waals surface area contributed by atoms with Gasteiger partial charge in [-0.1, -0.05) is 6.07 Å². The van der Waals surface area contributed by atoms with Crippen LogP contribution in [0.4, 0.5) is 5.95 Å². The molecule has 2 fully saturated rings. The molecule has 6 rings (SSSR count). The second kappa shape index (κ2) is 9.27. The molecule has 11 heteroatoms. The fourth-order valence-corrected chi connectivity index (χ4v) is 6.44. The molecule has 1 aliphatic carbocycles. The number of halogens is 1. The molecule has 3 aromatic heterocycles. The summed E-state index contributed by atoms with van der Waals surface area (Å²) in [4.78, 5) is 28.5. The third-order valence-corrected chi connectivity index (χ3v) is 8.68. The van der Waals surface area contributed by atoms with Gasteiger partial charge in [-0.25, -0.2) is 9.67 Å². The van der Waals surface area contributed by atoms with E-state index in [9.17, 15) is 9.00 Å². The van der Waals surface area contributed by atoms with Crippen molar-refractivity contribution in [3.63, 3.8) is 0 Å². The first-order valence-electron chi connectivity index (χ1n) is 11.7. The van der Waals surface area contributed by atoms with Crippen molar-refractivity contribution in [2.75, 3.05) is 29.9 Å². The summed E-state index contributed by atoms with van der Waals surface area (Å²) in [5.74, 6) is 1.89. The molecule has 9 nitrogen and oxygen atoms in total. The Labute approximate surface area is 212 Å². The van der Waals surface area contributed by atoms with Crippen molar-refractivity contribution in [2.45, 2.75) is 25.3 Å². The molecule has 0 radical (unpaired) electrons. The van der Waals surface area contributed by atoms with E-state index in [2.05, 4.69) is 36.3 Å². The van der Waals surface area contributed by atoms with Crippen LogP contribution in [0.25, 0.3) is 27.6 Å². The van der Waals surface area contributed by atoms with E-state index in [4.69, 9.17) is 4.98 Å². The fraction of sp³-hybridized carbons (Fsp3) is 0.375. The summed E-state index contributed by atoms with van der Waals surface area (Å²) in [5, 5.41) is 9.93. The molecule has 0 spiro atoms. The van der Waals surface area contributed by atoms with E-state index in [-0.39, 0.29) is 17.9 Å². The predicted octanol–water partition coefficient (Wildman–Crippen LogP) is 3.30. The third kappa shape index (κ3) is 4.42. The Balaban J connectivity index is 1.21. The number of carbonyl (C=O) groups is 1. The Morgan fingerprint density at radius 1 is 1.14 bits per heavy atom. The summed E-state index contributed by atoms with van der Waals surface area (Å²) in [5.41, 5.74) is 2.51. The number of fused-ring (bicyclic) bond motifs is 2. The van der Waals surface area contributed by atoms with E-state index in [1.165, 1.54) is 0 Å². The number of hydrogen-bond acceptors (Lipinski definition) is 7. The first kappa shape index (κ1) is 22.5. The summed E-state index contributed by atoms with van der Waals surface area (Å²) in [7, 11) is -0.782. The first-order valence-corrected chi connectivity index (χ1v) is 14.0. The number of anilines is 1. The molecular weight excluding hydrogens is 530 g/mol. The van der Waals surface area contributed by atoms with Crippen LogP contribution in [0.2, 0.25) is 0 Å². The molecular formula is C24H24BrN7O2S. The van der Waals surface area contributed by atoms with Gasteiger partial charge in [0.1, 0.15) is 4.60 Å². The van der Waals surface area contributed by atoms with Gasteiger partial charge in [0.15, 0.2) is 5.65 Å². The number of aromatic nitrogens is 5. The molecule has 35 heavy (non-hydrogen) atoms. The van der Waals surface area contributed by atoms with Gasteiger partial charge in [-0.2, -0.15) is 10.1 Å². The monoisotopic (exact) mass is 553 g/mol. The van der Waals surface area contributed by atoms with Gasteiger partial charge < -0.3 is 10.2 Å². The Hall–Kier alpha value is -2.92. The second-order valence-corrected chi connectivity index (χ2v) is 11.5. The van der Waals surface area contributed by atoms with Crippen molar-refractivity contribution in [2.24, 2.45) is 5.92 Å². The maximum absolute atomic E-state index is 12.9. The number of amides is 1. The Bertz CT molecular complexity index is 1450. The summed E-state index contributed by atoms with van der Waals surface area (Å²) >= 11 is 3.54. The van der Waals surface area contributed by atoms with Crippen molar-refractivity contribution < 1.29 is 9.00 Å². The lowest BCUT2D eigenvalue weighted by Crippen LogP contribution is -2.44. The number of hydrogen-bond donors (Lipinski definition) is 1. The van der Waals surface area contributed by atoms with Gasteiger partial charge in [0.25, 0.3) is 0 Å². The number of pyridine rings is 1. The number of rotatable bonds is 4. The van der Waals surface area contributed by atoms with Crippen LogP contribution in [-0.4, -0.2) is 70.4 Å². The van der Waals surface area contributed by atoms with Crippen LogP contribution in [0, 0.1) is 5.92 Å². The maximum Gasteiger partial charge on any atom is 0.225 e. The van der Waals surface area contributed by atoms with Gasteiger partial charge >= 0.3 is 0 Å². The lowest BCUT2D eigenvalue weighted by Gasteiger charge is -2.28. The van der Waals surface area contributed by atoms with E-state index in [0.717, 1.165) is 41.2 Å². The van der Waals surface area contributed by atoms with Gasteiger partial charge in [0.05, 0.1) is 16.6 Å². The molecule has 1 N–H and O–H groups in total. The van der Waals surface area contributed by atoms with Crippen molar-refractivity contribution >= 4 is 60.5 Å². The highest BCUT2D eigenvalue weighted by Gasteiger charge is 2.34. The number of carbonyl (C=O) groups excluding carboxylic acids is 1. The van der Waals surface area contributed by atoms with Crippen LogP contribution in [-0.2, 0) is 15.6 Å². The van der Waals surface area contributed by atoms with E-state index in [1.54, 1.807) is 17.1 Å².